The quantitative estimate of drug-likeness (QED) is 0.734. The van der Waals surface area contributed by atoms with E-state index in [1.165, 1.54) is 0 Å². The van der Waals surface area contributed by atoms with Crippen LogP contribution in [0.15, 0.2) is 12.1 Å². The fraction of sp³-hybridized carbons (Fsp3) is 0.500. The minimum Gasteiger partial charge on any atom is -0.496 e. The number of methoxy groups -OCH3 is 2. The molecule has 0 saturated heterocycles. The smallest absolute Gasteiger partial charge is 0.303 e. The summed E-state index contributed by atoms with van der Waals surface area (Å²) in [6.07, 6.45) is 1.48. The van der Waals surface area contributed by atoms with E-state index in [0.29, 0.717) is 36.7 Å². The largest absolute Gasteiger partial charge is 0.496 e. The SMILES string of the molecule is COc1cc(OCCCCC(=O)O)cc(OC)c1C. The van der Waals surface area contributed by atoms with Crippen molar-refractivity contribution < 1.29 is 24.1 Å². The summed E-state index contributed by atoms with van der Waals surface area (Å²) in [6.45, 7) is 2.39. The summed E-state index contributed by atoms with van der Waals surface area (Å²) in [5.41, 5.74) is 0.920. The van der Waals surface area contributed by atoms with Crippen molar-refractivity contribution in [3.8, 4) is 17.2 Å². The molecule has 0 fully saturated rings. The zero-order valence-corrected chi connectivity index (χ0v) is 11.6. The van der Waals surface area contributed by atoms with Gasteiger partial charge < -0.3 is 19.3 Å². The van der Waals surface area contributed by atoms with E-state index in [1.807, 2.05) is 6.92 Å². The molecule has 0 amide bonds. The fourth-order valence-electron chi connectivity index (χ4n) is 1.71. The molecular formula is C14H20O5. The highest BCUT2D eigenvalue weighted by atomic mass is 16.5. The Labute approximate surface area is 113 Å². The molecule has 0 aliphatic carbocycles. The van der Waals surface area contributed by atoms with Gasteiger partial charge in [0.15, 0.2) is 0 Å². The molecule has 1 N–H and O–H groups in total. The normalized spacial score (nSPS) is 10.1. The number of unbranched alkanes of at least 4 members (excludes halogenated alkanes) is 1. The van der Waals surface area contributed by atoms with Crippen LogP contribution in [-0.2, 0) is 4.79 Å². The summed E-state index contributed by atoms with van der Waals surface area (Å²) in [4.78, 5) is 10.4. The molecule has 5 heteroatoms. The van der Waals surface area contributed by atoms with Crippen LogP contribution in [-0.4, -0.2) is 31.9 Å². The summed E-state index contributed by atoms with van der Waals surface area (Å²) < 4.78 is 16.1. The molecule has 0 radical (unpaired) electrons. The van der Waals surface area contributed by atoms with Gasteiger partial charge in [-0.1, -0.05) is 0 Å². The molecule has 0 aliphatic heterocycles. The second-order valence-corrected chi connectivity index (χ2v) is 4.15. The Morgan fingerprint density at radius 1 is 1.16 bits per heavy atom. The van der Waals surface area contributed by atoms with Gasteiger partial charge in [-0.15, -0.1) is 0 Å². The van der Waals surface area contributed by atoms with Crippen LogP contribution in [0.1, 0.15) is 24.8 Å². The van der Waals surface area contributed by atoms with Crippen molar-refractivity contribution in [2.75, 3.05) is 20.8 Å². The Bertz CT molecular complexity index is 403. The topological polar surface area (TPSA) is 65.0 Å². The van der Waals surface area contributed by atoms with Crippen LogP contribution >= 0.6 is 0 Å². The van der Waals surface area contributed by atoms with E-state index in [1.54, 1.807) is 26.4 Å². The summed E-state index contributed by atoms with van der Waals surface area (Å²) >= 11 is 0. The third-order valence-electron chi connectivity index (χ3n) is 2.78. The molecule has 0 bridgehead atoms. The van der Waals surface area contributed by atoms with Crippen molar-refractivity contribution >= 4 is 5.97 Å². The summed E-state index contributed by atoms with van der Waals surface area (Å²) in [7, 11) is 3.19. The van der Waals surface area contributed by atoms with Crippen molar-refractivity contribution in [3.63, 3.8) is 0 Å². The van der Waals surface area contributed by atoms with Gasteiger partial charge in [0.25, 0.3) is 0 Å². The molecule has 0 aromatic heterocycles. The lowest BCUT2D eigenvalue weighted by atomic mass is 10.2. The first-order valence-electron chi connectivity index (χ1n) is 6.15. The maximum atomic E-state index is 10.4. The maximum absolute atomic E-state index is 10.4. The molecule has 1 aromatic carbocycles. The summed E-state index contributed by atoms with van der Waals surface area (Å²) in [5, 5.41) is 8.52. The molecule has 1 rings (SSSR count). The number of carbonyl (C=O) groups is 1. The number of benzene rings is 1. The molecule has 0 aliphatic rings. The van der Waals surface area contributed by atoms with Gasteiger partial charge >= 0.3 is 5.97 Å². The van der Waals surface area contributed by atoms with E-state index in [2.05, 4.69) is 0 Å². The van der Waals surface area contributed by atoms with Crippen LogP contribution in [0.2, 0.25) is 0 Å². The molecular weight excluding hydrogens is 248 g/mol. The van der Waals surface area contributed by atoms with Gasteiger partial charge in [-0.25, -0.2) is 0 Å². The standard InChI is InChI=1S/C14H20O5/c1-10-12(17-2)8-11(9-13(10)18-3)19-7-5-4-6-14(15)16/h8-9H,4-7H2,1-3H3,(H,15,16). The van der Waals surface area contributed by atoms with Crippen molar-refractivity contribution in [1.82, 2.24) is 0 Å². The molecule has 0 unspecified atom stereocenters. The predicted octanol–water partition coefficient (Wildman–Crippen LogP) is 2.65. The van der Waals surface area contributed by atoms with Crippen LogP contribution in [0.4, 0.5) is 0 Å². The van der Waals surface area contributed by atoms with Crippen LogP contribution < -0.4 is 14.2 Å². The molecule has 1 aromatic rings. The van der Waals surface area contributed by atoms with E-state index in [4.69, 9.17) is 19.3 Å². The molecule has 0 atom stereocenters. The first kappa shape index (κ1) is 15.1. The third-order valence-corrected chi connectivity index (χ3v) is 2.78. The number of aliphatic carboxylic acids is 1. The first-order chi connectivity index (χ1) is 9.08. The second-order valence-electron chi connectivity index (χ2n) is 4.15. The minimum atomic E-state index is -0.779. The van der Waals surface area contributed by atoms with Gasteiger partial charge in [0.2, 0.25) is 0 Å². The van der Waals surface area contributed by atoms with Gasteiger partial charge in [-0.3, -0.25) is 4.79 Å². The number of carboxylic acids is 1. The van der Waals surface area contributed by atoms with E-state index in [0.717, 1.165) is 5.56 Å². The number of ether oxygens (including phenoxy) is 3. The molecule has 0 saturated carbocycles. The Kier molecular flexibility index (Phi) is 5.99. The summed E-state index contributed by atoms with van der Waals surface area (Å²) in [5.74, 6) is 1.30. The molecule has 0 heterocycles. The molecule has 0 spiro atoms. The van der Waals surface area contributed by atoms with E-state index >= 15 is 0 Å². The van der Waals surface area contributed by atoms with Crippen molar-refractivity contribution in [2.45, 2.75) is 26.2 Å². The van der Waals surface area contributed by atoms with E-state index in [9.17, 15) is 4.79 Å². The Morgan fingerprint density at radius 3 is 2.21 bits per heavy atom. The lowest BCUT2D eigenvalue weighted by Gasteiger charge is -2.13. The second kappa shape index (κ2) is 7.51. The van der Waals surface area contributed by atoms with Crippen molar-refractivity contribution in [2.24, 2.45) is 0 Å². The number of hydrogen-bond acceptors (Lipinski definition) is 4. The lowest BCUT2D eigenvalue weighted by Crippen LogP contribution is -2.01. The van der Waals surface area contributed by atoms with Gasteiger partial charge in [-0.05, 0) is 19.8 Å². The third kappa shape index (κ3) is 4.69. The summed E-state index contributed by atoms with van der Waals surface area (Å²) in [6, 6.07) is 3.60. The minimum absolute atomic E-state index is 0.171. The lowest BCUT2D eigenvalue weighted by molar-refractivity contribution is -0.137. The average molecular weight is 268 g/mol. The fourth-order valence-corrected chi connectivity index (χ4v) is 1.71. The molecule has 106 valence electrons. The maximum Gasteiger partial charge on any atom is 0.303 e. The van der Waals surface area contributed by atoms with Gasteiger partial charge in [0.1, 0.15) is 17.2 Å². The number of hydrogen-bond donors (Lipinski definition) is 1. The van der Waals surface area contributed by atoms with Gasteiger partial charge in [0, 0.05) is 24.1 Å². The highest BCUT2D eigenvalue weighted by molar-refractivity contribution is 5.66. The average Bonchev–Trinajstić information content (AvgIpc) is 2.39. The zero-order valence-electron chi connectivity index (χ0n) is 11.6. The van der Waals surface area contributed by atoms with Crippen molar-refractivity contribution in [1.29, 1.82) is 0 Å². The molecule has 19 heavy (non-hydrogen) atoms. The van der Waals surface area contributed by atoms with Gasteiger partial charge in [0.05, 0.1) is 20.8 Å². The van der Waals surface area contributed by atoms with Gasteiger partial charge in [-0.2, -0.15) is 0 Å². The number of rotatable bonds is 8. The molecule has 5 nitrogen and oxygen atoms in total. The predicted molar refractivity (Wildman–Crippen MR) is 71.3 cm³/mol. The Balaban J connectivity index is 2.56. The monoisotopic (exact) mass is 268 g/mol. The highest BCUT2D eigenvalue weighted by Crippen LogP contribution is 2.33. The Morgan fingerprint density at radius 2 is 1.74 bits per heavy atom. The van der Waals surface area contributed by atoms with Crippen LogP contribution in [0.5, 0.6) is 17.2 Å². The Hall–Kier alpha value is -1.91. The van der Waals surface area contributed by atoms with Crippen molar-refractivity contribution in [3.05, 3.63) is 17.7 Å². The van der Waals surface area contributed by atoms with Crippen LogP contribution in [0, 0.1) is 6.92 Å². The first-order valence-corrected chi connectivity index (χ1v) is 6.15. The highest BCUT2D eigenvalue weighted by Gasteiger charge is 2.09. The zero-order chi connectivity index (χ0) is 14.3. The van der Waals surface area contributed by atoms with Crippen LogP contribution in [0.3, 0.4) is 0 Å². The number of carboxylic acid groups (broad SMARTS) is 1. The van der Waals surface area contributed by atoms with Crippen LogP contribution in [0.25, 0.3) is 0 Å². The van der Waals surface area contributed by atoms with E-state index < -0.39 is 5.97 Å². The van der Waals surface area contributed by atoms with E-state index in [-0.39, 0.29) is 6.42 Å².